The summed E-state index contributed by atoms with van der Waals surface area (Å²) in [6.45, 7) is 5.19. The van der Waals surface area contributed by atoms with Gasteiger partial charge in [-0.2, -0.15) is 0 Å². The van der Waals surface area contributed by atoms with E-state index in [1.807, 2.05) is 4.90 Å². The molecule has 1 aliphatic heterocycles. The van der Waals surface area contributed by atoms with Gasteiger partial charge in [0.25, 0.3) is 0 Å². The van der Waals surface area contributed by atoms with Crippen LogP contribution in [0.5, 0.6) is 0 Å². The first-order valence-corrected chi connectivity index (χ1v) is 5.67. The molecule has 3 heteroatoms. The van der Waals surface area contributed by atoms with Crippen LogP contribution in [0.3, 0.4) is 0 Å². The van der Waals surface area contributed by atoms with Crippen LogP contribution >= 0.6 is 0 Å². The highest BCUT2D eigenvalue weighted by Crippen LogP contribution is 2.37. The fourth-order valence-corrected chi connectivity index (χ4v) is 2.69. The van der Waals surface area contributed by atoms with Gasteiger partial charge in [0.1, 0.15) is 6.04 Å². The highest BCUT2D eigenvalue weighted by Gasteiger charge is 2.43. The summed E-state index contributed by atoms with van der Waals surface area (Å²) in [6.07, 6.45) is 3.92. The molecule has 2 rings (SSSR count). The largest absolute Gasteiger partial charge is 0.336 e. The molecule has 2 fully saturated rings. The summed E-state index contributed by atoms with van der Waals surface area (Å²) in [5, 5.41) is 0. The highest BCUT2D eigenvalue weighted by atomic mass is 16.2. The van der Waals surface area contributed by atoms with Crippen LogP contribution < -0.4 is 5.73 Å². The number of nitrogens with zero attached hydrogens (tertiary/aromatic N) is 1. The van der Waals surface area contributed by atoms with Gasteiger partial charge in [0, 0.05) is 12.6 Å². The third-order valence-electron chi connectivity index (χ3n) is 3.67. The van der Waals surface area contributed by atoms with Gasteiger partial charge in [0.15, 0.2) is 0 Å². The number of hydrogen-bond acceptors (Lipinski definition) is 2. The van der Waals surface area contributed by atoms with Gasteiger partial charge in [-0.1, -0.05) is 20.3 Å². The smallest absolute Gasteiger partial charge is 0.241 e. The number of nitrogens with two attached hydrogens (primary N) is 1. The second-order valence-corrected chi connectivity index (χ2v) is 5.02. The predicted molar refractivity (Wildman–Crippen MR) is 55.7 cm³/mol. The number of hydrogen-bond donors (Lipinski definition) is 1. The molecule has 2 aliphatic rings. The Hall–Kier alpha value is -0.570. The first kappa shape index (κ1) is 9.97. The molecule has 1 amide bonds. The maximum atomic E-state index is 11.6. The van der Waals surface area contributed by atoms with Crippen molar-refractivity contribution < 1.29 is 4.79 Å². The summed E-state index contributed by atoms with van der Waals surface area (Å²) >= 11 is 0. The van der Waals surface area contributed by atoms with Crippen LogP contribution in [-0.2, 0) is 4.79 Å². The molecule has 2 N–H and O–H groups in total. The van der Waals surface area contributed by atoms with Crippen LogP contribution in [0.25, 0.3) is 0 Å². The summed E-state index contributed by atoms with van der Waals surface area (Å²) in [7, 11) is 0. The van der Waals surface area contributed by atoms with Crippen molar-refractivity contribution in [1.82, 2.24) is 4.90 Å². The monoisotopic (exact) mass is 196 g/mol. The normalized spacial score (nSPS) is 30.1. The van der Waals surface area contributed by atoms with Gasteiger partial charge in [0.2, 0.25) is 5.91 Å². The molecule has 0 radical (unpaired) electrons. The molecule has 80 valence electrons. The number of amides is 1. The van der Waals surface area contributed by atoms with Crippen molar-refractivity contribution in [3.63, 3.8) is 0 Å². The molecule has 0 spiro atoms. The van der Waals surface area contributed by atoms with Gasteiger partial charge >= 0.3 is 0 Å². The quantitative estimate of drug-likeness (QED) is 0.684. The third-order valence-corrected chi connectivity index (χ3v) is 3.67. The molecular weight excluding hydrogens is 176 g/mol. The Balaban J connectivity index is 2.00. The Bertz CT molecular complexity index is 235. The molecule has 1 aliphatic carbocycles. The molecule has 0 aromatic rings. The van der Waals surface area contributed by atoms with E-state index >= 15 is 0 Å². The Kier molecular flexibility index (Phi) is 2.52. The highest BCUT2D eigenvalue weighted by molar-refractivity contribution is 5.88. The first-order chi connectivity index (χ1) is 6.61. The number of rotatable bonds is 3. The van der Waals surface area contributed by atoms with Crippen molar-refractivity contribution in [2.45, 2.75) is 45.2 Å². The van der Waals surface area contributed by atoms with Gasteiger partial charge in [0.05, 0.1) is 0 Å². The standard InChI is InChI=1S/C11H20N2O/c1-7(2)10(8-4-3-5-8)13-6-9(12)11(13)14/h7-10H,3-6,12H2,1-2H3. The van der Waals surface area contributed by atoms with Crippen molar-refractivity contribution in [2.24, 2.45) is 17.6 Å². The van der Waals surface area contributed by atoms with Gasteiger partial charge in [-0.3, -0.25) is 4.79 Å². The molecule has 14 heavy (non-hydrogen) atoms. The van der Waals surface area contributed by atoms with Crippen molar-refractivity contribution in [3.8, 4) is 0 Å². The fraction of sp³-hybridized carbons (Fsp3) is 0.909. The summed E-state index contributed by atoms with van der Waals surface area (Å²) in [6, 6.07) is 0.243. The molecule has 0 aromatic heterocycles. The predicted octanol–water partition coefficient (Wildman–Crippen LogP) is 0.981. The number of carbonyl (C=O) groups is 1. The van der Waals surface area contributed by atoms with E-state index in [1.54, 1.807) is 0 Å². The average Bonchev–Trinajstić information content (AvgIpc) is 2.06. The first-order valence-electron chi connectivity index (χ1n) is 5.67. The SMILES string of the molecule is CC(C)C(C1CCC1)N1CC(N)C1=O. The van der Waals surface area contributed by atoms with E-state index in [0.29, 0.717) is 12.0 Å². The number of likely N-dealkylation sites (tertiary alicyclic amines) is 1. The molecule has 3 nitrogen and oxygen atoms in total. The molecule has 1 saturated heterocycles. The van der Waals surface area contributed by atoms with Crippen LogP contribution in [0, 0.1) is 11.8 Å². The van der Waals surface area contributed by atoms with Gasteiger partial charge in [-0.25, -0.2) is 0 Å². The molecule has 0 aromatic carbocycles. The van der Waals surface area contributed by atoms with Crippen LogP contribution in [0.2, 0.25) is 0 Å². The second-order valence-electron chi connectivity index (χ2n) is 5.02. The Morgan fingerprint density at radius 2 is 2.07 bits per heavy atom. The van der Waals surface area contributed by atoms with Crippen LogP contribution in [-0.4, -0.2) is 29.4 Å². The summed E-state index contributed by atoms with van der Waals surface area (Å²) in [5.41, 5.74) is 5.62. The minimum atomic E-state index is -0.212. The minimum absolute atomic E-state index is 0.163. The Labute approximate surface area is 85.6 Å². The lowest BCUT2D eigenvalue weighted by molar-refractivity contribution is -0.150. The summed E-state index contributed by atoms with van der Waals surface area (Å²) in [5.74, 6) is 1.47. The lowest BCUT2D eigenvalue weighted by Crippen LogP contribution is -2.66. The van der Waals surface area contributed by atoms with Crippen molar-refractivity contribution in [2.75, 3.05) is 6.54 Å². The average molecular weight is 196 g/mol. The van der Waals surface area contributed by atoms with E-state index < -0.39 is 0 Å². The van der Waals surface area contributed by atoms with Crippen molar-refractivity contribution in [1.29, 1.82) is 0 Å². The molecule has 2 atom stereocenters. The zero-order valence-electron chi connectivity index (χ0n) is 9.07. The van der Waals surface area contributed by atoms with E-state index in [-0.39, 0.29) is 11.9 Å². The molecule has 0 bridgehead atoms. The third kappa shape index (κ3) is 1.44. The molecule has 2 unspecified atom stereocenters. The van der Waals surface area contributed by atoms with E-state index in [2.05, 4.69) is 13.8 Å². The van der Waals surface area contributed by atoms with Gasteiger partial charge in [-0.05, 0) is 24.7 Å². The van der Waals surface area contributed by atoms with E-state index in [4.69, 9.17) is 5.73 Å². The van der Waals surface area contributed by atoms with E-state index in [0.717, 1.165) is 12.5 Å². The van der Waals surface area contributed by atoms with Crippen molar-refractivity contribution in [3.05, 3.63) is 0 Å². The van der Waals surface area contributed by atoms with Crippen LogP contribution in [0.1, 0.15) is 33.1 Å². The lowest BCUT2D eigenvalue weighted by Gasteiger charge is -2.49. The topological polar surface area (TPSA) is 46.3 Å². The Morgan fingerprint density at radius 3 is 2.36 bits per heavy atom. The van der Waals surface area contributed by atoms with Crippen molar-refractivity contribution >= 4 is 5.91 Å². The number of carbonyl (C=O) groups excluding carboxylic acids is 1. The van der Waals surface area contributed by atoms with Gasteiger partial charge in [-0.15, -0.1) is 0 Å². The van der Waals surface area contributed by atoms with E-state index in [1.165, 1.54) is 19.3 Å². The summed E-state index contributed by atoms with van der Waals surface area (Å²) in [4.78, 5) is 13.6. The molecular formula is C11H20N2O. The molecule has 1 saturated carbocycles. The zero-order valence-corrected chi connectivity index (χ0v) is 9.07. The second kappa shape index (κ2) is 3.54. The van der Waals surface area contributed by atoms with E-state index in [9.17, 15) is 4.79 Å². The summed E-state index contributed by atoms with van der Waals surface area (Å²) < 4.78 is 0. The Morgan fingerprint density at radius 1 is 1.43 bits per heavy atom. The van der Waals surface area contributed by atoms with Crippen LogP contribution in [0.15, 0.2) is 0 Å². The zero-order chi connectivity index (χ0) is 10.3. The lowest BCUT2D eigenvalue weighted by atomic mass is 9.74. The molecule has 1 heterocycles. The maximum absolute atomic E-state index is 11.6. The number of β-lactam (4-membered cyclic amide) rings is 1. The minimum Gasteiger partial charge on any atom is -0.336 e. The van der Waals surface area contributed by atoms with Crippen LogP contribution in [0.4, 0.5) is 0 Å². The fourth-order valence-electron chi connectivity index (χ4n) is 2.69. The maximum Gasteiger partial charge on any atom is 0.241 e. The van der Waals surface area contributed by atoms with Gasteiger partial charge < -0.3 is 10.6 Å².